The maximum atomic E-state index is 11.9. The first-order chi connectivity index (χ1) is 7.75. The Hall–Kier alpha value is -0.620. The number of halogens is 1. The molecule has 1 aromatic rings. The van der Waals surface area contributed by atoms with E-state index in [1.165, 1.54) is 0 Å². The molecule has 3 nitrogen and oxygen atoms in total. The standard InChI is InChI=1S/C12H15IN2O/c13-10-5-3-9(4-6-10)12(16)15-11-2-1-7-14-8-11/h3-6,11,14H,1-2,7-8H2,(H,15,16)/t11-/m0/s1. The second-order valence-corrected chi connectivity index (χ2v) is 5.27. The van der Waals surface area contributed by atoms with Gasteiger partial charge in [0.2, 0.25) is 0 Å². The Kier molecular flexibility index (Phi) is 4.17. The highest BCUT2D eigenvalue weighted by Gasteiger charge is 2.15. The Morgan fingerprint density at radius 2 is 2.12 bits per heavy atom. The van der Waals surface area contributed by atoms with E-state index < -0.39 is 0 Å². The van der Waals surface area contributed by atoms with Gasteiger partial charge in [-0.25, -0.2) is 0 Å². The lowest BCUT2D eigenvalue weighted by Crippen LogP contribution is -2.45. The van der Waals surface area contributed by atoms with Crippen LogP contribution in [0.2, 0.25) is 0 Å². The zero-order valence-corrected chi connectivity index (χ0v) is 11.2. The zero-order chi connectivity index (χ0) is 11.4. The molecule has 1 saturated heterocycles. The molecule has 86 valence electrons. The molecular formula is C12H15IN2O. The first-order valence-corrected chi connectivity index (χ1v) is 6.61. The fourth-order valence-electron chi connectivity index (χ4n) is 1.85. The van der Waals surface area contributed by atoms with Gasteiger partial charge in [-0.2, -0.15) is 0 Å². The van der Waals surface area contributed by atoms with Crippen molar-refractivity contribution in [1.29, 1.82) is 0 Å². The van der Waals surface area contributed by atoms with Gasteiger partial charge in [0.25, 0.3) is 5.91 Å². The fourth-order valence-corrected chi connectivity index (χ4v) is 2.20. The summed E-state index contributed by atoms with van der Waals surface area (Å²) in [6.07, 6.45) is 2.21. The number of hydrogen-bond donors (Lipinski definition) is 2. The SMILES string of the molecule is O=C(N[C@H]1CCCNC1)c1ccc(I)cc1. The van der Waals surface area contributed by atoms with Crippen LogP contribution in [-0.2, 0) is 0 Å². The largest absolute Gasteiger partial charge is 0.348 e. The van der Waals surface area contributed by atoms with Crippen LogP contribution in [0.5, 0.6) is 0 Å². The molecule has 1 aliphatic heterocycles. The van der Waals surface area contributed by atoms with Crippen molar-refractivity contribution in [1.82, 2.24) is 10.6 Å². The molecule has 4 heteroatoms. The Morgan fingerprint density at radius 3 is 2.75 bits per heavy atom. The molecule has 1 atom stereocenters. The molecule has 1 aromatic carbocycles. The van der Waals surface area contributed by atoms with Gasteiger partial charge in [0.15, 0.2) is 0 Å². The number of hydrogen-bond acceptors (Lipinski definition) is 2. The Labute approximate surface area is 109 Å². The number of carbonyl (C=O) groups is 1. The average Bonchev–Trinajstić information content (AvgIpc) is 2.31. The lowest BCUT2D eigenvalue weighted by molar-refractivity contribution is 0.0930. The number of nitrogens with one attached hydrogen (secondary N) is 2. The van der Waals surface area contributed by atoms with Crippen LogP contribution < -0.4 is 10.6 Å². The first kappa shape index (κ1) is 11.9. The van der Waals surface area contributed by atoms with Crippen LogP contribution >= 0.6 is 22.6 Å². The Morgan fingerprint density at radius 1 is 1.38 bits per heavy atom. The third kappa shape index (κ3) is 3.18. The molecule has 2 rings (SSSR count). The molecule has 1 amide bonds. The van der Waals surface area contributed by atoms with E-state index >= 15 is 0 Å². The van der Waals surface area contributed by atoms with Gasteiger partial charge in [-0.3, -0.25) is 4.79 Å². The van der Waals surface area contributed by atoms with Gasteiger partial charge in [-0.05, 0) is 66.2 Å². The summed E-state index contributed by atoms with van der Waals surface area (Å²) in [5.41, 5.74) is 0.742. The molecule has 0 spiro atoms. The Balaban J connectivity index is 1.94. The third-order valence-corrected chi connectivity index (χ3v) is 3.46. The summed E-state index contributed by atoms with van der Waals surface area (Å²) in [6, 6.07) is 7.92. The summed E-state index contributed by atoms with van der Waals surface area (Å²) in [7, 11) is 0. The molecule has 0 radical (unpaired) electrons. The summed E-state index contributed by atoms with van der Waals surface area (Å²) in [4.78, 5) is 11.9. The van der Waals surface area contributed by atoms with Gasteiger partial charge in [0.05, 0.1) is 0 Å². The van der Waals surface area contributed by atoms with Crippen LogP contribution in [0, 0.1) is 3.57 Å². The van der Waals surface area contributed by atoms with E-state index in [1.54, 1.807) is 0 Å². The molecule has 0 bridgehead atoms. The number of amides is 1. The molecule has 0 unspecified atom stereocenters. The lowest BCUT2D eigenvalue weighted by atomic mass is 10.1. The molecular weight excluding hydrogens is 315 g/mol. The first-order valence-electron chi connectivity index (χ1n) is 5.53. The van der Waals surface area contributed by atoms with Crippen molar-refractivity contribution in [2.45, 2.75) is 18.9 Å². The van der Waals surface area contributed by atoms with Crippen molar-refractivity contribution in [3.05, 3.63) is 33.4 Å². The normalized spacial score (nSPS) is 20.4. The minimum Gasteiger partial charge on any atom is -0.348 e. The molecule has 1 heterocycles. The van der Waals surface area contributed by atoms with Crippen LogP contribution in [-0.4, -0.2) is 25.0 Å². The van der Waals surface area contributed by atoms with Crippen molar-refractivity contribution < 1.29 is 4.79 Å². The Bertz CT molecular complexity index is 358. The molecule has 1 aliphatic rings. The summed E-state index contributed by atoms with van der Waals surface area (Å²) >= 11 is 2.23. The molecule has 0 aromatic heterocycles. The summed E-state index contributed by atoms with van der Waals surface area (Å²) in [5.74, 6) is 0.0325. The molecule has 16 heavy (non-hydrogen) atoms. The summed E-state index contributed by atoms with van der Waals surface area (Å²) < 4.78 is 1.15. The molecule has 0 saturated carbocycles. The van der Waals surface area contributed by atoms with E-state index in [2.05, 4.69) is 33.2 Å². The van der Waals surface area contributed by atoms with Crippen molar-refractivity contribution >= 4 is 28.5 Å². The lowest BCUT2D eigenvalue weighted by Gasteiger charge is -2.23. The van der Waals surface area contributed by atoms with Gasteiger partial charge in [-0.15, -0.1) is 0 Å². The summed E-state index contributed by atoms with van der Waals surface area (Å²) in [5, 5.41) is 6.34. The predicted octanol–water partition coefficient (Wildman–Crippen LogP) is 1.77. The van der Waals surface area contributed by atoms with E-state index in [0.29, 0.717) is 0 Å². The topological polar surface area (TPSA) is 41.1 Å². The van der Waals surface area contributed by atoms with Crippen LogP contribution in [0.25, 0.3) is 0 Å². The number of rotatable bonds is 2. The smallest absolute Gasteiger partial charge is 0.251 e. The van der Waals surface area contributed by atoms with Crippen LogP contribution in [0.1, 0.15) is 23.2 Å². The minimum absolute atomic E-state index is 0.0325. The monoisotopic (exact) mass is 330 g/mol. The second-order valence-electron chi connectivity index (χ2n) is 4.02. The van der Waals surface area contributed by atoms with Gasteiger partial charge in [-0.1, -0.05) is 0 Å². The highest BCUT2D eigenvalue weighted by molar-refractivity contribution is 14.1. The van der Waals surface area contributed by atoms with E-state index in [4.69, 9.17) is 0 Å². The van der Waals surface area contributed by atoms with Gasteiger partial charge < -0.3 is 10.6 Å². The third-order valence-electron chi connectivity index (χ3n) is 2.74. The van der Waals surface area contributed by atoms with E-state index in [9.17, 15) is 4.79 Å². The number of piperidine rings is 1. The minimum atomic E-state index is 0.0325. The maximum Gasteiger partial charge on any atom is 0.251 e. The van der Waals surface area contributed by atoms with Crippen molar-refractivity contribution in [3.8, 4) is 0 Å². The molecule has 0 aliphatic carbocycles. The van der Waals surface area contributed by atoms with Gasteiger partial charge in [0.1, 0.15) is 0 Å². The zero-order valence-electron chi connectivity index (χ0n) is 9.00. The van der Waals surface area contributed by atoms with E-state index in [1.807, 2.05) is 24.3 Å². The van der Waals surface area contributed by atoms with E-state index in [0.717, 1.165) is 35.1 Å². The van der Waals surface area contributed by atoms with Crippen LogP contribution in [0.3, 0.4) is 0 Å². The van der Waals surface area contributed by atoms with Gasteiger partial charge in [0, 0.05) is 21.7 Å². The fraction of sp³-hybridized carbons (Fsp3) is 0.417. The number of benzene rings is 1. The van der Waals surface area contributed by atoms with Crippen molar-refractivity contribution in [2.75, 3.05) is 13.1 Å². The molecule has 2 N–H and O–H groups in total. The van der Waals surface area contributed by atoms with E-state index in [-0.39, 0.29) is 11.9 Å². The van der Waals surface area contributed by atoms with Crippen LogP contribution in [0.15, 0.2) is 24.3 Å². The van der Waals surface area contributed by atoms with Gasteiger partial charge >= 0.3 is 0 Å². The highest BCUT2D eigenvalue weighted by Crippen LogP contribution is 2.08. The number of carbonyl (C=O) groups excluding carboxylic acids is 1. The van der Waals surface area contributed by atoms with Crippen molar-refractivity contribution in [3.63, 3.8) is 0 Å². The van der Waals surface area contributed by atoms with Crippen molar-refractivity contribution in [2.24, 2.45) is 0 Å². The highest BCUT2D eigenvalue weighted by atomic mass is 127. The average molecular weight is 330 g/mol. The van der Waals surface area contributed by atoms with Crippen LogP contribution in [0.4, 0.5) is 0 Å². The molecule has 1 fully saturated rings. The maximum absolute atomic E-state index is 11.9. The summed E-state index contributed by atoms with van der Waals surface area (Å²) in [6.45, 7) is 1.95. The quantitative estimate of drug-likeness (QED) is 0.812. The predicted molar refractivity (Wildman–Crippen MR) is 72.5 cm³/mol. The second kappa shape index (κ2) is 5.63.